The number of aliphatic hydroxyl groups excluding tert-OH is 1. The third kappa shape index (κ3) is 4.18. The van der Waals surface area contributed by atoms with Crippen molar-refractivity contribution in [1.29, 1.82) is 0 Å². The van der Waals surface area contributed by atoms with Gasteiger partial charge in [0.25, 0.3) is 5.91 Å². The first-order chi connectivity index (χ1) is 15.9. The van der Waals surface area contributed by atoms with E-state index in [9.17, 15) is 9.90 Å². The van der Waals surface area contributed by atoms with E-state index in [-0.39, 0.29) is 22.4 Å². The van der Waals surface area contributed by atoms with Crippen molar-refractivity contribution in [2.45, 2.75) is 71.1 Å². The van der Waals surface area contributed by atoms with Crippen LogP contribution in [0.1, 0.15) is 73.9 Å². The number of amides is 1. The molecule has 34 heavy (non-hydrogen) atoms. The summed E-state index contributed by atoms with van der Waals surface area (Å²) in [6, 6.07) is 1.48. The molecule has 1 unspecified atom stereocenters. The first-order valence-electron chi connectivity index (χ1n) is 11.2. The number of rotatable bonds is 6. The van der Waals surface area contributed by atoms with Crippen LogP contribution in [0.25, 0.3) is 5.52 Å². The van der Waals surface area contributed by atoms with Crippen molar-refractivity contribution in [2.24, 2.45) is 0 Å². The van der Waals surface area contributed by atoms with Crippen LogP contribution in [0.15, 0.2) is 18.5 Å². The molecule has 0 radical (unpaired) electrons. The minimum absolute atomic E-state index is 0.113. The summed E-state index contributed by atoms with van der Waals surface area (Å²) in [6.07, 6.45) is 3.28. The fourth-order valence-corrected chi connectivity index (χ4v) is 4.86. The van der Waals surface area contributed by atoms with Crippen molar-refractivity contribution >= 4 is 28.8 Å². The van der Waals surface area contributed by atoms with Crippen LogP contribution in [0.4, 0.5) is 10.2 Å². The van der Waals surface area contributed by atoms with Crippen molar-refractivity contribution < 1.29 is 19.0 Å². The summed E-state index contributed by atoms with van der Waals surface area (Å²) in [6.45, 7) is 9.12. The molecule has 4 rings (SSSR count). The second-order valence-corrected chi connectivity index (χ2v) is 9.92. The average Bonchev–Trinajstić information content (AvgIpc) is 3.06. The number of aryl methyl sites for hydroxylation is 1. The Hall–Kier alpha value is -2.91. The van der Waals surface area contributed by atoms with E-state index in [0.717, 1.165) is 0 Å². The number of anilines is 1. The van der Waals surface area contributed by atoms with E-state index in [1.54, 1.807) is 26.2 Å². The summed E-state index contributed by atoms with van der Waals surface area (Å²) < 4.78 is 23.2. The van der Waals surface area contributed by atoms with Crippen molar-refractivity contribution in [1.82, 2.24) is 19.7 Å². The maximum Gasteiger partial charge on any atom is 0.258 e. The Labute approximate surface area is 202 Å². The standard InChI is InChI=1S/C24H29ClFN5O3/c1-11(2)34-20-15(12(3)22-29-13(4)19-21(27)28-6-7-31(19)22)8-16(25)18(26)17(20)23(33)30-24(5)9-14(32)10-24/h6-8,11-12,14,32H,9-10H2,1-5H3,(H2,27,28)(H,30,33). The van der Waals surface area contributed by atoms with E-state index >= 15 is 4.39 Å². The van der Waals surface area contributed by atoms with Crippen LogP contribution in [0.3, 0.4) is 0 Å². The van der Waals surface area contributed by atoms with Gasteiger partial charge in [0.15, 0.2) is 5.82 Å². The van der Waals surface area contributed by atoms with Gasteiger partial charge in [0, 0.05) is 29.4 Å². The van der Waals surface area contributed by atoms with E-state index < -0.39 is 29.3 Å². The summed E-state index contributed by atoms with van der Waals surface area (Å²) in [4.78, 5) is 22.1. The van der Waals surface area contributed by atoms with Gasteiger partial charge in [-0.1, -0.05) is 18.5 Å². The molecule has 1 amide bonds. The summed E-state index contributed by atoms with van der Waals surface area (Å²) in [5.74, 6) is -0.844. The zero-order chi connectivity index (χ0) is 24.9. The number of halogens is 2. The highest BCUT2D eigenvalue weighted by Gasteiger charge is 2.42. The number of fused-ring (bicyclic) bond motifs is 1. The predicted molar refractivity (Wildman–Crippen MR) is 128 cm³/mol. The molecule has 0 spiro atoms. The number of aromatic nitrogens is 3. The minimum atomic E-state index is -0.855. The van der Waals surface area contributed by atoms with Crippen molar-refractivity contribution in [3.8, 4) is 5.75 Å². The number of aliphatic hydroxyl groups is 1. The molecule has 8 nitrogen and oxygen atoms in total. The lowest BCUT2D eigenvalue weighted by atomic mass is 9.76. The zero-order valence-electron chi connectivity index (χ0n) is 19.8. The molecule has 2 aromatic heterocycles. The van der Waals surface area contributed by atoms with Crippen molar-refractivity contribution in [3.05, 3.63) is 51.9 Å². The van der Waals surface area contributed by atoms with Gasteiger partial charge in [0.05, 0.1) is 22.9 Å². The van der Waals surface area contributed by atoms with Crippen LogP contribution in [-0.4, -0.2) is 43.1 Å². The molecule has 1 saturated carbocycles. The molecule has 0 bridgehead atoms. The summed E-state index contributed by atoms with van der Waals surface area (Å²) in [5.41, 5.74) is 7.06. The number of benzene rings is 1. The molecular formula is C24H29ClFN5O3. The monoisotopic (exact) mass is 489 g/mol. The van der Waals surface area contributed by atoms with Gasteiger partial charge in [-0.25, -0.2) is 14.4 Å². The molecule has 0 saturated heterocycles. The number of nitrogens with two attached hydrogens (primary N) is 1. The van der Waals surface area contributed by atoms with Crippen LogP contribution in [0.2, 0.25) is 5.02 Å². The normalized spacial score (nSPS) is 20.9. The Morgan fingerprint density at radius 3 is 2.71 bits per heavy atom. The number of carbonyl (C=O) groups is 1. The molecular weight excluding hydrogens is 461 g/mol. The largest absolute Gasteiger partial charge is 0.490 e. The molecule has 1 fully saturated rings. The second-order valence-electron chi connectivity index (χ2n) is 9.52. The van der Waals surface area contributed by atoms with Gasteiger partial charge < -0.3 is 20.9 Å². The summed E-state index contributed by atoms with van der Waals surface area (Å²) in [7, 11) is 0. The lowest BCUT2D eigenvalue weighted by Crippen LogP contribution is -2.57. The molecule has 0 aliphatic heterocycles. The topological polar surface area (TPSA) is 115 Å². The quantitative estimate of drug-likeness (QED) is 0.482. The highest BCUT2D eigenvalue weighted by Crippen LogP contribution is 2.41. The van der Waals surface area contributed by atoms with Gasteiger partial charge >= 0.3 is 0 Å². The number of imidazole rings is 1. The number of nitrogen functional groups attached to an aromatic ring is 1. The van der Waals surface area contributed by atoms with Gasteiger partial charge in [0.2, 0.25) is 0 Å². The summed E-state index contributed by atoms with van der Waals surface area (Å²) >= 11 is 6.29. The fourth-order valence-electron chi connectivity index (χ4n) is 4.65. The number of ether oxygens (including phenoxy) is 1. The molecule has 3 aromatic rings. The molecule has 10 heteroatoms. The molecule has 182 valence electrons. The van der Waals surface area contributed by atoms with E-state index in [1.807, 2.05) is 25.2 Å². The average molecular weight is 490 g/mol. The predicted octanol–water partition coefficient (Wildman–Crippen LogP) is 3.99. The van der Waals surface area contributed by atoms with Crippen LogP contribution in [0.5, 0.6) is 5.75 Å². The smallest absolute Gasteiger partial charge is 0.258 e. The number of nitrogens with zero attached hydrogens (tertiary/aromatic N) is 3. The number of nitrogens with one attached hydrogen (secondary N) is 1. The van der Waals surface area contributed by atoms with E-state index in [0.29, 0.717) is 41.3 Å². The third-order valence-corrected chi connectivity index (χ3v) is 6.48. The highest BCUT2D eigenvalue weighted by molar-refractivity contribution is 6.31. The van der Waals surface area contributed by atoms with Gasteiger partial charge in [-0.2, -0.15) is 0 Å². The zero-order valence-corrected chi connectivity index (χ0v) is 20.6. The molecule has 4 N–H and O–H groups in total. The number of hydrogen-bond donors (Lipinski definition) is 3. The Morgan fingerprint density at radius 2 is 2.09 bits per heavy atom. The van der Waals surface area contributed by atoms with Crippen LogP contribution in [0, 0.1) is 12.7 Å². The molecule has 2 heterocycles. The molecule has 1 aliphatic rings. The van der Waals surface area contributed by atoms with Crippen molar-refractivity contribution in [3.63, 3.8) is 0 Å². The maximum absolute atomic E-state index is 15.3. The first-order valence-corrected chi connectivity index (χ1v) is 11.6. The van der Waals surface area contributed by atoms with Crippen LogP contribution < -0.4 is 15.8 Å². The third-order valence-electron chi connectivity index (χ3n) is 6.21. The fraction of sp³-hybridized carbons (Fsp3) is 0.458. The van der Waals surface area contributed by atoms with E-state index in [4.69, 9.17) is 22.1 Å². The Bertz CT molecular complexity index is 1270. The molecule has 1 aromatic carbocycles. The molecule has 1 atom stereocenters. The van der Waals surface area contributed by atoms with Gasteiger partial charge in [0.1, 0.15) is 28.5 Å². The first kappa shape index (κ1) is 24.2. The highest BCUT2D eigenvalue weighted by atomic mass is 35.5. The Morgan fingerprint density at radius 1 is 1.41 bits per heavy atom. The second kappa shape index (κ2) is 8.70. The lowest BCUT2D eigenvalue weighted by Gasteiger charge is -2.43. The lowest BCUT2D eigenvalue weighted by molar-refractivity contribution is 0.0126. The van der Waals surface area contributed by atoms with Gasteiger partial charge in [-0.3, -0.25) is 9.20 Å². The Kier molecular flexibility index (Phi) is 6.20. The van der Waals surface area contributed by atoms with Crippen molar-refractivity contribution in [2.75, 3.05) is 5.73 Å². The van der Waals surface area contributed by atoms with Gasteiger partial charge in [-0.05, 0) is 46.6 Å². The van der Waals surface area contributed by atoms with Crippen LogP contribution in [-0.2, 0) is 0 Å². The summed E-state index contributed by atoms with van der Waals surface area (Å²) in [5, 5.41) is 12.3. The van der Waals surface area contributed by atoms with E-state index in [1.165, 1.54) is 6.07 Å². The van der Waals surface area contributed by atoms with E-state index in [2.05, 4.69) is 15.3 Å². The SMILES string of the molecule is Cc1nc(C(C)c2cc(Cl)c(F)c(C(=O)NC3(C)CC(O)C3)c2OC(C)C)n2ccnc(N)c12. The Balaban J connectivity index is 1.86. The number of hydrogen-bond acceptors (Lipinski definition) is 6. The molecule has 1 aliphatic carbocycles. The maximum atomic E-state index is 15.3. The number of carbonyl (C=O) groups excluding carboxylic acids is 1. The minimum Gasteiger partial charge on any atom is -0.490 e. The van der Waals surface area contributed by atoms with Gasteiger partial charge in [-0.15, -0.1) is 0 Å². The van der Waals surface area contributed by atoms with Crippen LogP contribution >= 0.6 is 11.6 Å².